The van der Waals surface area contributed by atoms with Crippen molar-refractivity contribution in [3.63, 3.8) is 0 Å². The topological polar surface area (TPSA) is 68.5 Å². The Morgan fingerprint density at radius 1 is 0.871 bits per heavy atom. The number of allylic oxidation sites excluding steroid dienone is 1. The molecule has 0 aliphatic rings. The molecule has 3 rings (SSSR count). The summed E-state index contributed by atoms with van der Waals surface area (Å²) in [6, 6.07) is 24.0. The maximum Gasteiger partial charge on any atom is 0.336 e. The summed E-state index contributed by atoms with van der Waals surface area (Å²) >= 11 is 0. The lowest BCUT2D eigenvalue weighted by Crippen LogP contribution is -2.03. The molecular formula is C26H21NO4. The van der Waals surface area contributed by atoms with Crippen LogP contribution in [-0.4, -0.2) is 20.2 Å². The second kappa shape index (κ2) is 10.5. The average molecular weight is 411 g/mol. The van der Waals surface area contributed by atoms with E-state index in [4.69, 9.17) is 14.2 Å². The molecule has 0 heterocycles. The molecule has 3 aromatic rings. The molecule has 0 amide bonds. The number of benzene rings is 3. The maximum absolute atomic E-state index is 12.1. The van der Waals surface area contributed by atoms with Crippen LogP contribution < -0.4 is 14.2 Å². The van der Waals surface area contributed by atoms with Crippen molar-refractivity contribution in [2.75, 3.05) is 14.2 Å². The zero-order chi connectivity index (χ0) is 22.1. The molecule has 0 unspecified atom stereocenters. The van der Waals surface area contributed by atoms with Gasteiger partial charge in [-0.1, -0.05) is 48.5 Å². The predicted molar refractivity (Wildman–Crippen MR) is 121 cm³/mol. The zero-order valence-corrected chi connectivity index (χ0v) is 17.2. The van der Waals surface area contributed by atoms with E-state index in [1.807, 2.05) is 36.4 Å². The maximum atomic E-state index is 12.1. The van der Waals surface area contributed by atoms with Crippen molar-refractivity contribution in [2.24, 2.45) is 0 Å². The summed E-state index contributed by atoms with van der Waals surface area (Å²) in [4.78, 5) is 12.1. The molecule has 5 nitrogen and oxygen atoms in total. The summed E-state index contributed by atoms with van der Waals surface area (Å²) in [5.41, 5.74) is 3.02. The van der Waals surface area contributed by atoms with Crippen molar-refractivity contribution in [3.8, 4) is 23.3 Å². The van der Waals surface area contributed by atoms with E-state index in [9.17, 15) is 10.1 Å². The minimum absolute atomic E-state index is 0.414. The molecule has 0 aliphatic carbocycles. The fourth-order valence-corrected chi connectivity index (χ4v) is 2.87. The van der Waals surface area contributed by atoms with E-state index < -0.39 is 5.97 Å². The van der Waals surface area contributed by atoms with Gasteiger partial charge in [-0.2, -0.15) is 5.26 Å². The number of hydrogen-bond acceptors (Lipinski definition) is 5. The Bertz CT molecular complexity index is 1140. The Hall–Kier alpha value is -4.30. The minimum Gasteiger partial charge on any atom is -0.493 e. The molecule has 0 aliphatic heterocycles. The Morgan fingerprint density at radius 3 is 2.19 bits per heavy atom. The number of hydrogen-bond donors (Lipinski definition) is 0. The third kappa shape index (κ3) is 5.84. The summed E-state index contributed by atoms with van der Waals surface area (Å²) in [6.45, 7) is 0. The number of nitrogens with zero attached hydrogens (tertiary/aromatic N) is 1. The first-order chi connectivity index (χ1) is 15.1. The van der Waals surface area contributed by atoms with Gasteiger partial charge in [-0.15, -0.1) is 0 Å². The Labute approximate surface area is 181 Å². The van der Waals surface area contributed by atoms with Gasteiger partial charge in [0, 0.05) is 6.08 Å². The normalized spacial score (nSPS) is 11.1. The van der Waals surface area contributed by atoms with Gasteiger partial charge in [0.25, 0.3) is 0 Å². The van der Waals surface area contributed by atoms with Crippen LogP contribution in [0.2, 0.25) is 0 Å². The third-order valence-electron chi connectivity index (χ3n) is 4.43. The molecule has 0 bridgehead atoms. The van der Waals surface area contributed by atoms with Gasteiger partial charge in [0.1, 0.15) is 5.75 Å². The minimum atomic E-state index is -0.500. The quantitative estimate of drug-likeness (QED) is 0.171. The van der Waals surface area contributed by atoms with E-state index in [0.717, 1.165) is 16.7 Å². The predicted octanol–water partition coefficient (Wildman–Crippen LogP) is 5.39. The fourth-order valence-electron chi connectivity index (χ4n) is 2.87. The van der Waals surface area contributed by atoms with Gasteiger partial charge in [-0.3, -0.25) is 0 Å². The van der Waals surface area contributed by atoms with Crippen LogP contribution >= 0.6 is 0 Å². The number of carbonyl (C=O) groups excluding carboxylic acids is 1. The molecule has 0 saturated carbocycles. The van der Waals surface area contributed by atoms with Crippen LogP contribution in [0, 0.1) is 11.3 Å². The highest BCUT2D eigenvalue weighted by Crippen LogP contribution is 2.28. The summed E-state index contributed by atoms with van der Waals surface area (Å²) < 4.78 is 15.8. The van der Waals surface area contributed by atoms with Crippen LogP contribution in [0.25, 0.3) is 17.7 Å². The Balaban J connectivity index is 1.66. The van der Waals surface area contributed by atoms with Crippen molar-refractivity contribution >= 4 is 23.7 Å². The molecule has 5 heteroatoms. The number of rotatable bonds is 7. The molecule has 0 aromatic heterocycles. The highest BCUT2D eigenvalue weighted by Gasteiger charge is 2.05. The van der Waals surface area contributed by atoms with E-state index in [1.54, 1.807) is 62.8 Å². The largest absolute Gasteiger partial charge is 0.493 e. The first-order valence-electron chi connectivity index (χ1n) is 9.52. The first-order valence-corrected chi connectivity index (χ1v) is 9.52. The summed E-state index contributed by atoms with van der Waals surface area (Å²) in [7, 11) is 3.12. The number of nitriles is 1. The van der Waals surface area contributed by atoms with Crippen LogP contribution in [-0.2, 0) is 4.79 Å². The van der Waals surface area contributed by atoms with Crippen molar-refractivity contribution in [3.05, 3.63) is 95.6 Å². The molecule has 0 N–H and O–H groups in total. The lowest BCUT2D eigenvalue weighted by molar-refractivity contribution is -0.128. The van der Waals surface area contributed by atoms with Crippen molar-refractivity contribution < 1.29 is 19.0 Å². The Kier molecular flexibility index (Phi) is 7.23. The van der Waals surface area contributed by atoms with Gasteiger partial charge in [0.15, 0.2) is 11.5 Å². The monoisotopic (exact) mass is 411 g/mol. The van der Waals surface area contributed by atoms with Gasteiger partial charge in [-0.05, 0) is 53.1 Å². The summed E-state index contributed by atoms with van der Waals surface area (Å²) in [5.74, 6) is 1.11. The number of esters is 1. The van der Waals surface area contributed by atoms with Gasteiger partial charge >= 0.3 is 5.97 Å². The molecule has 31 heavy (non-hydrogen) atoms. The van der Waals surface area contributed by atoms with E-state index in [0.29, 0.717) is 22.8 Å². The van der Waals surface area contributed by atoms with Gasteiger partial charge < -0.3 is 14.2 Å². The van der Waals surface area contributed by atoms with Crippen LogP contribution in [0.3, 0.4) is 0 Å². The zero-order valence-electron chi connectivity index (χ0n) is 17.2. The molecule has 154 valence electrons. The molecule has 3 aromatic carbocycles. The van der Waals surface area contributed by atoms with E-state index in [1.165, 1.54) is 6.08 Å². The number of ether oxygens (including phenoxy) is 3. The van der Waals surface area contributed by atoms with Crippen LogP contribution in [0.4, 0.5) is 0 Å². The SMILES string of the molecule is COc1ccc(/C=C/C(=O)Oc2ccc(/C=C(/C#N)c3ccccc3)cc2)cc1OC. The Morgan fingerprint density at radius 2 is 1.55 bits per heavy atom. The molecule has 0 radical (unpaired) electrons. The van der Waals surface area contributed by atoms with E-state index in [2.05, 4.69) is 6.07 Å². The first kappa shape index (κ1) is 21.4. The second-order valence-electron chi connectivity index (χ2n) is 6.47. The van der Waals surface area contributed by atoms with E-state index >= 15 is 0 Å². The standard InChI is InChI=1S/C26H21NO4/c1-29-24-14-10-20(17-25(24)30-2)11-15-26(28)31-23-12-8-19(9-13-23)16-22(18-27)21-6-4-3-5-7-21/h3-17H,1-2H3/b15-11+,22-16-. The van der Waals surface area contributed by atoms with Crippen LogP contribution in [0.15, 0.2) is 78.9 Å². The molecule has 0 fully saturated rings. The van der Waals surface area contributed by atoms with Crippen molar-refractivity contribution in [2.45, 2.75) is 0 Å². The molecule has 0 atom stereocenters. The third-order valence-corrected chi connectivity index (χ3v) is 4.43. The number of carbonyl (C=O) groups is 1. The molecule has 0 saturated heterocycles. The van der Waals surface area contributed by atoms with Crippen LogP contribution in [0.5, 0.6) is 17.2 Å². The van der Waals surface area contributed by atoms with E-state index in [-0.39, 0.29) is 0 Å². The fraction of sp³-hybridized carbons (Fsp3) is 0.0769. The summed E-state index contributed by atoms with van der Waals surface area (Å²) in [6.07, 6.45) is 4.77. The summed E-state index contributed by atoms with van der Waals surface area (Å²) in [5, 5.41) is 9.42. The van der Waals surface area contributed by atoms with Gasteiger partial charge in [0.2, 0.25) is 0 Å². The smallest absolute Gasteiger partial charge is 0.336 e. The lowest BCUT2D eigenvalue weighted by atomic mass is 10.0. The molecular weight excluding hydrogens is 390 g/mol. The lowest BCUT2D eigenvalue weighted by Gasteiger charge is -2.07. The highest BCUT2D eigenvalue weighted by atomic mass is 16.5. The van der Waals surface area contributed by atoms with Crippen LogP contribution in [0.1, 0.15) is 16.7 Å². The van der Waals surface area contributed by atoms with Crippen molar-refractivity contribution in [1.82, 2.24) is 0 Å². The van der Waals surface area contributed by atoms with Gasteiger partial charge in [0.05, 0.1) is 25.9 Å². The van der Waals surface area contributed by atoms with Gasteiger partial charge in [-0.25, -0.2) is 4.79 Å². The molecule has 0 spiro atoms. The second-order valence-corrected chi connectivity index (χ2v) is 6.47. The number of methoxy groups -OCH3 is 2. The average Bonchev–Trinajstić information content (AvgIpc) is 2.82. The highest BCUT2D eigenvalue weighted by molar-refractivity contribution is 5.90. The van der Waals surface area contributed by atoms with Crippen molar-refractivity contribution in [1.29, 1.82) is 5.26 Å².